The van der Waals surface area contributed by atoms with Gasteiger partial charge in [0, 0.05) is 28.2 Å². The number of rotatable bonds is 9. The maximum atomic E-state index is 15.2. The van der Waals surface area contributed by atoms with E-state index in [1.54, 1.807) is 29.5 Å². The number of benzene rings is 2. The predicted molar refractivity (Wildman–Crippen MR) is 121 cm³/mol. The highest BCUT2D eigenvalue weighted by Gasteiger charge is 2.33. The first-order chi connectivity index (χ1) is 15.4. The van der Waals surface area contributed by atoms with Crippen LogP contribution in [0, 0.1) is 5.82 Å². The molecular weight excluding hydrogens is 433 g/mol. The van der Waals surface area contributed by atoms with Crippen LogP contribution in [0.1, 0.15) is 53.2 Å². The van der Waals surface area contributed by atoms with Crippen molar-refractivity contribution in [2.24, 2.45) is 0 Å². The Morgan fingerprint density at radius 1 is 1.09 bits per heavy atom. The number of carbonyl (C=O) groups excluding carboxylic acids is 1. The second kappa shape index (κ2) is 9.49. The molecule has 4 rings (SSSR count). The zero-order valence-electron chi connectivity index (χ0n) is 17.9. The third-order valence-electron chi connectivity index (χ3n) is 5.80. The van der Waals surface area contributed by atoms with E-state index in [0.717, 1.165) is 10.4 Å². The molecule has 32 heavy (non-hydrogen) atoms. The molecule has 1 fully saturated rings. The third-order valence-corrected chi connectivity index (χ3v) is 7.08. The minimum atomic E-state index is -3.14. The average Bonchev–Trinajstić information content (AvgIpc) is 3.51. The average molecular weight is 459 g/mol. The largest absolute Gasteiger partial charge is 0.469 e. The maximum absolute atomic E-state index is 15.2. The van der Waals surface area contributed by atoms with Crippen molar-refractivity contribution in [1.82, 2.24) is 0 Å². The van der Waals surface area contributed by atoms with E-state index in [1.807, 2.05) is 6.07 Å². The molecule has 0 bridgehead atoms. The number of hydrogen-bond acceptors (Lipinski definition) is 3. The molecule has 0 radical (unpaired) electrons. The number of esters is 1. The van der Waals surface area contributed by atoms with Crippen LogP contribution in [0.4, 0.5) is 13.2 Å². The van der Waals surface area contributed by atoms with Crippen molar-refractivity contribution in [3.05, 3.63) is 82.0 Å². The van der Waals surface area contributed by atoms with Gasteiger partial charge in [0.2, 0.25) is 0 Å². The summed E-state index contributed by atoms with van der Waals surface area (Å²) in [6.45, 7) is 0. The molecule has 1 saturated carbocycles. The van der Waals surface area contributed by atoms with Gasteiger partial charge in [-0.3, -0.25) is 4.79 Å². The molecule has 0 saturated heterocycles. The lowest BCUT2D eigenvalue weighted by Crippen LogP contribution is -2.17. The normalized spacial score (nSPS) is 13.9. The molecule has 0 atom stereocenters. The van der Waals surface area contributed by atoms with Crippen molar-refractivity contribution in [1.29, 1.82) is 0 Å². The van der Waals surface area contributed by atoms with Gasteiger partial charge in [-0.25, -0.2) is 13.2 Å². The Morgan fingerprint density at radius 2 is 1.84 bits per heavy atom. The van der Waals surface area contributed by atoms with Crippen molar-refractivity contribution in [2.75, 3.05) is 7.11 Å². The summed E-state index contributed by atoms with van der Waals surface area (Å²) in [5.41, 5.74) is 1.75. The Hall–Kier alpha value is -2.60. The number of hydrogen-bond donors (Lipinski definition) is 0. The van der Waals surface area contributed by atoms with Crippen molar-refractivity contribution < 1.29 is 22.7 Å². The molecule has 1 aromatic heterocycles. The summed E-state index contributed by atoms with van der Waals surface area (Å²) in [6, 6.07) is 14.3. The number of thiophene rings is 1. The highest BCUT2D eigenvalue weighted by atomic mass is 32.1. The van der Waals surface area contributed by atoms with Crippen LogP contribution < -0.4 is 0 Å². The van der Waals surface area contributed by atoms with Crippen molar-refractivity contribution in [3.8, 4) is 10.4 Å². The standard InChI is InChI=1S/C26H25F3O2S/c1-31-25(30)4-2-3-17-5-9-20(10-6-17)26(28,29)16-19-15-21(27)11-12-22(19)24-14-13-23(32-24)18-7-8-18/h5-6,9-15,18H,2-4,7-8,16H2,1H3. The first kappa shape index (κ1) is 22.6. The van der Waals surface area contributed by atoms with E-state index in [2.05, 4.69) is 10.8 Å². The van der Waals surface area contributed by atoms with Gasteiger partial charge in [-0.05, 0) is 72.6 Å². The minimum Gasteiger partial charge on any atom is -0.469 e. The molecular formula is C26H25F3O2S. The lowest BCUT2D eigenvalue weighted by molar-refractivity contribution is -0.140. The second-order valence-electron chi connectivity index (χ2n) is 8.29. The van der Waals surface area contributed by atoms with Crippen LogP contribution in [0.3, 0.4) is 0 Å². The SMILES string of the molecule is COC(=O)CCCc1ccc(C(F)(F)Cc2cc(F)ccc2-c2ccc(C3CC3)s2)cc1. The summed E-state index contributed by atoms with van der Waals surface area (Å²) in [5.74, 6) is -3.34. The molecule has 2 aromatic carbocycles. The van der Waals surface area contributed by atoms with Gasteiger partial charge in [-0.2, -0.15) is 0 Å². The monoisotopic (exact) mass is 458 g/mol. The number of carbonyl (C=O) groups is 1. The van der Waals surface area contributed by atoms with Crippen LogP contribution in [-0.4, -0.2) is 13.1 Å². The second-order valence-corrected chi connectivity index (χ2v) is 9.40. The fourth-order valence-electron chi connectivity index (χ4n) is 3.83. The molecule has 0 amide bonds. The molecule has 0 N–H and O–H groups in total. The molecule has 2 nitrogen and oxygen atoms in total. The van der Waals surface area contributed by atoms with E-state index < -0.39 is 18.2 Å². The Morgan fingerprint density at radius 3 is 2.53 bits per heavy atom. The first-order valence-corrected chi connectivity index (χ1v) is 11.6. The summed E-state index contributed by atoms with van der Waals surface area (Å²) < 4.78 is 48.9. The molecule has 1 heterocycles. The molecule has 168 valence electrons. The molecule has 6 heteroatoms. The number of aryl methyl sites for hydroxylation is 1. The van der Waals surface area contributed by atoms with E-state index in [-0.39, 0.29) is 11.5 Å². The topological polar surface area (TPSA) is 26.3 Å². The summed E-state index contributed by atoms with van der Waals surface area (Å²) in [7, 11) is 1.34. The van der Waals surface area contributed by atoms with E-state index in [0.29, 0.717) is 36.3 Å². The number of halogens is 3. The summed E-state index contributed by atoms with van der Waals surface area (Å²) in [5, 5.41) is 0. The van der Waals surface area contributed by atoms with Gasteiger partial charge in [0.15, 0.2) is 0 Å². The zero-order chi connectivity index (χ0) is 22.7. The third kappa shape index (κ3) is 5.41. The molecule has 0 spiro atoms. The fraction of sp³-hybridized carbons (Fsp3) is 0.346. The molecule has 0 unspecified atom stereocenters. The van der Waals surface area contributed by atoms with Gasteiger partial charge in [0.1, 0.15) is 5.82 Å². The molecule has 3 aromatic rings. The van der Waals surface area contributed by atoms with Crippen LogP contribution >= 0.6 is 11.3 Å². The quantitative estimate of drug-likeness (QED) is 0.315. The Balaban J connectivity index is 1.50. The fourth-order valence-corrected chi connectivity index (χ4v) is 5.07. The highest BCUT2D eigenvalue weighted by molar-refractivity contribution is 7.15. The van der Waals surface area contributed by atoms with Crippen LogP contribution in [0.15, 0.2) is 54.6 Å². The smallest absolute Gasteiger partial charge is 0.305 e. The van der Waals surface area contributed by atoms with Crippen LogP contribution in [0.25, 0.3) is 10.4 Å². The van der Waals surface area contributed by atoms with Crippen LogP contribution in [0.2, 0.25) is 0 Å². The maximum Gasteiger partial charge on any atom is 0.305 e. The molecule has 1 aliphatic rings. The van der Waals surface area contributed by atoms with Crippen molar-refractivity contribution >= 4 is 17.3 Å². The number of alkyl halides is 2. The van der Waals surface area contributed by atoms with E-state index in [1.165, 1.54) is 49.1 Å². The number of ether oxygens (including phenoxy) is 1. The van der Waals surface area contributed by atoms with Crippen LogP contribution in [0.5, 0.6) is 0 Å². The number of methoxy groups -OCH3 is 1. The van der Waals surface area contributed by atoms with E-state index in [9.17, 15) is 9.18 Å². The molecule has 0 aliphatic heterocycles. The lowest BCUT2D eigenvalue weighted by Gasteiger charge is -2.19. The minimum absolute atomic E-state index is 0.103. The first-order valence-electron chi connectivity index (χ1n) is 10.8. The zero-order valence-corrected chi connectivity index (χ0v) is 18.7. The predicted octanol–water partition coefficient (Wildman–Crippen LogP) is 7.26. The lowest BCUT2D eigenvalue weighted by atomic mass is 9.95. The Kier molecular flexibility index (Phi) is 6.70. The molecule has 1 aliphatic carbocycles. The van der Waals surface area contributed by atoms with E-state index >= 15 is 8.78 Å². The van der Waals surface area contributed by atoms with Crippen LogP contribution in [-0.2, 0) is 28.3 Å². The van der Waals surface area contributed by atoms with Gasteiger partial charge in [-0.15, -0.1) is 11.3 Å². The van der Waals surface area contributed by atoms with Gasteiger partial charge >= 0.3 is 5.97 Å². The van der Waals surface area contributed by atoms with Gasteiger partial charge in [-0.1, -0.05) is 30.3 Å². The Labute approximate surface area is 190 Å². The summed E-state index contributed by atoms with van der Waals surface area (Å²) in [4.78, 5) is 13.4. The van der Waals surface area contributed by atoms with Gasteiger partial charge in [0.25, 0.3) is 5.92 Å². The van der Waals surface area contributed by atoms with Crippen molar-refractivity contribution in [3.63, 3.8) is 0 Å². The Bertz CT molecular complexity index is 1080. The van der Waals surface area contributed by atoms with Crippen molar-refractivity contribution in [2.45, 2.75) is 50.4 Å². The summed E-state index contributed by atoms with van der Waals surface area (Å²) in [6.07, 6.45) is 3.27. The van der Waals surface area contributed by atoms with Gasteiger partial charge in [0.05, 0.1) is 7.11 Å². The van der Waals surface area contributed by atoms with Gasteiger partial charge < -0.3 is 4.74 Å². The summed E-state index contributed by atoms with van der Waals surface area (Å²) >= 11 is 1.61. The highest BCUT2D eigenvalue weighted by Crippen LogP contribution is 2.46. The van der Waals surface area contributed by atoms with E-state index in [4.69, 9.17) is 0 Å².